The average Bonchev–Trinajstić information content (AvgIpc) is 3.21. The molecule has 1 atom stereocenters. The number of nitrogens with zero attached hydrogens (tertiary/aromatic N) is 1. The van der Waals surface area contributed by atoms with E-state index in [0.29, 0.717) is 17.9 Å². The molecule has 1 aromatic carbocycles. The molecule has 1 aliphatic rings. The van der Waals surface area contributed by atoms with Crippen LogP contribution in [0, 0.1) is 0 Å². The summed E-state index contributed by atoms with van der Waals surface area (Å²) < 4.78 is 43.2. The molecule has 1 fully saturated rings. The highest BCUT2D eigenvalue weighted by atomic mass is 19.4. The molecular formula is C15H20F3NO2. The minimum atomic E-state index is -4.25. The van der Waals surface area contributed by atoms with Crippen molar-refractivity contribution in [3.05, 3.63) is 29.8 Å². The van der Waals surface area contributed by atoms with Gasteiger partial charge < -0.3 is 9.84 Å². The molecule has 2 rings (SSSR count). The van der Waals surface area contributed by atoms with Gasteiger partial charge in [-0.05, 0) is 25.8 Å². The van der Waals surface area contributed by atoms with Crippen LogP contribution in [0.1, 0.15) is 31.4 Å². The van der Waals surface area contributed by atoms with Crippen molar-refractivity contribution in [3.63, 3.8) is 0 Å². The first-order chi connectivity index (χ1) is 9.90. The van der Waals surface area contributed by atoms with Crippen LogP contribution >= 0.6 is 0 Å². The predicted molar refractivity (Wildman–Crippen MR) is 73.2 cm³/mol. The summed E-state index contributed by atoms with van der Waals surface area (Å²) in [5, 5.41) is 10.3. The molecule has 0 radical (unpaired) electrons. The van der Waals surface area contributed by atoms with Gasteiger partial charge >= 0.3 is 6.18 Å². The topological polar surface area (TPSA) is 32.7 Å². The van der Waals surface area contributed by atoms with Crippen molar-refractivity contribution in [1.29, 1.82) is 0 Å². The molecule has 1 N–H and O–H groups in total. The highest BCUT2D eigenvalue weighted by molar-refractivity contribution is 5.35. The molecule has 0 aromatic heterocycles. The molecule has 6 heteroatoms. The van der Waals surface area contributed by atoms with Crippen LogP contribution in [-0.4, -0.2) is 41.9 Å². The summed E-state index contributed by atoms with van der Waals surface area (Å²) in [6, 6.07) is 6.85. The van der Waals surface area contributed by atoms with Gasteiger partial charge in [-0.1, -0.05) is 18.2 Å². The number of halogens is 3. The molecule has 21 heavy (non-hydrogen) atoms. The molecule has 0 bridgehead atoms. The summed E-state index contributed by atoms with van der Waals surface area (Å²) in [7, 11) is 0. The van der Waals surface area contributed by atoms with Crippen molar-refractivity contribution >= 4 is 0 Å². The second kappa shape index (κ2) is 6.66. The van der Waals surface area contributed by atoms with Crippen molar-refractivity contribution in [2.45, 2.75) is 38.1 Å². The summed E-state index contributed by atoms with van der Waals surface area (Å²) in [5.41, 5.74) is 0.534. The van der Waals surface area contributed by atoms with Gasteiger partial charge in [-0.3, -0.25) is 4.90 Å². The smallest absolute Gasteiger partial charge is 0.401 e. The van der Waals surface area contributed by atoms with Crippen LogP contribution < -0.4 is 4.74 Å². The Morgan fingerprint density at radius 2 is 2.00 bits per heavy atom. The number of hydrogen-bond acceptors (Lipinski definition) is 3. The lowest BCUT2D eigenvalue weighted by Gasteiger charge is -2.26. The van der Waals surface area contributed by atoms with E-state index in [2.05, 4.69) is 0 Å². The number of ether oxygens (including phenoxy) is 1. The molecular weight excluding hydrogens is 283 g/mol. The van der Waals surface area contributed by atoms with Crippen LogP contribution in [0.15, 0.2) is 24.3 Å². The normalized spacial score (nSPS) is 17.0. The van der Waals surface area contributed by atoms with E-state index in [1.807, 2.05) is 6.92 Å². The Balaban J connectivity index is 2.06. The first-order valence-electron chi connectivity index (χ1n) is 7.11. The Labute approximate surface area is 122 Å². The number of rotatable bonds is 7. The fourth-order valence-electron chi connectivity index (χ4n) is 2.38. The molecule has 0 amide bonds. The highest BCUT2D eigenvalue weighted by Crippen LogP contribution is 2.33. The maximum atomic E-state index is 12.6. The van der Waals surface area contributed by atoms with Crippen LogP contribution in [0.3, 0.4) is 0 Å². The molecule has 1 unspecified atom stereocenters. The average molecular weight is 303 g/mol. The van der Waals surface area contributed by atoms with E-state index in [-0.39, 0.29) is 12.6 Å². The second-order valence-electron chi connectivity index (χ2n) is 5.26. The Bertz CT molecular complexity index is 460. The third kappa shape index (κ3) is 4.89. The van der Waals surface area contributed by atoms with Crippen LogP contribution in [0.2, 0.25) is 0 Å². The number of aliphatic hydroxyl groups excluding tert-OH is 1. The first kappa shape index (κ1) is 16.1. The molecule has 1 aromatic rings. The van der Waals surface area contributed by atoms with Crippen molar-refractivity contribution < 1.29 is 23.0 Å². The lowest BCUT2D eigenvalue weighted by Crippen LogP contribution is -2.38. The number of para-hydroxylation sites is 1. The van der Waals surface area contributed by atoms with E-state index in [4.69, 9.17) is 4.74 Å². The molecule has 0 heterocycles. The van der Waals surface area contributed by atoms with Crippen LogP contribution in [-0.2, 0) is 0 Å². The van der Waals surface area contributed by atoms with Gasteiger partial charge in [0.2, 0.25) is 0 Å². The van der Waals surface area contributed by atoms with Gasteiger partial charge in [0.15, 0.2) is 0 Å². The monoisotopic (exact) mass is 303 g/mol. The van der Waals surface area contributed by atoms with E-state index < -0.39 is 18.8 Å². The Hall–Kier alpha value is -1.27. The number of hydrogen-bond donors (Lipinski definition) is 1. The zero-order valence-electron chi connectivity index (χ0n) is 11.9. The zero-order valence-corrected chi connectivity index (χ0v) is 11.9. The van der Waals surface area contributed by atoms with Crippen molar-refractivity contribution in [3.8, 4) is 5.75 Å². The van der Waals surface area contributed by atoms with E-state index in [1.165, 1.54) is 4.90 Å². The van der Waals surface area contributed by atoms with Crippen LogP contribution in [0.4, 0.5) is 13.2 Å². The quantitative estimate of drug-likeness (QED) is 0.840. The van der Waals surface area contributed by atoms with Gasteiger partial charge in [0.1, 0.15) is 5.75 Å². The summed E-state index contributed by atoms with van der Waals surface area (Å²) in [6.07, 6.45) is -3.72. The van der Waals surface area contributed by atoms with Gasteiger partial charge in [0.05, 0.1) is 19.3 Å². The molecule has 0 spiro atoms. The van der Waals surface area contributed by atoms with E-state index in [9.17, 15) is 18.3 Å². The number of alkyl halides is 3. The van der Waals surface area contributed by atoms with E-state index in [1.54, 1.807) is 24.3 Å². The highest BCUT2D eigenvalue weighted by Gasteiger charge is 2.39. The van der Waals surface area contributed by atoms with Crippen molar-refractivity contribution in [2.24, 2.45) is 0 Å². The van der Waals surface area contributed by atoms with Gasteiger partial charge in [-0.2, -0.15) is 13.2 Å². The first-order valence-corrected chi connectivity index (χ1v) is 7.11. The summed E-state index contributed by atoms with van der Waals surface area (Å²) in [5.74, 6) is 0.523. The molecule has 0 aliphatic heterocycles. The minimum absolute atomic E-state index is 0.0335. The summed E-state index contributed by atoms with van der Waals surface area (Å²) in [4.78, 5) is 1.31. The fraction of sp³-hybridized carbons (Fsp3) is 0.600. The minimum Gasteiger partial charge on any atom is -0.493 e. The number of aliphatic hydroxyl groups is 1. The van der Waals surface area contributed by atoms with Gasteiger partial charge in [0, 0.05) is 18.2 Å². The third-order valence-electron chi connectivity index (χ3n) is 3.43. The van der Waals surface area contributed by atoms with E-state index >= 15 is 0 Å². The molecule has 1 saturated carbocycles. The van der Waals surface area contributed by atoms with Crippen molar-refractivity contribution in [2.75, 3.05) is 19.7 Å². The number of benzene rings is 1. The lowest BCUT2D eigenvalue weighted by molar-refractivity contribution is -0.150. The molecule has 3 nitrogen and oxygen atoms in total. The molecule has 0 saturated heterocycles. The lowest BCUT2D eigenvalue weighted by atomic mass is 10.1. The zero-order chi connectivity index (χ0) is 15.5. The van der Waals surface area contributed by atoms with Crippen LogP contribution in [0.5, 0.6) is 5.75 Å². The SMILES string of the molecule is CCOc1ccccc1C(O)CN(CC(F)(F)F)C1CC1. The molecule has 1 aliphatic carbocycles. The maximum Gasteiger partial charge on any atom is 0.401 e. The Morgan fingerprint density at radius 1 is 1.33 bits per heavy atom. The summed E-state index contributed by atoms with van der Waals surface area (Å²) >= 11 is 0. The summed E-state index contributed by atoms with van der Waals surface area (Å²) in [6.45, 7) is 1.25. The van der Waals surface area contributed by atoms with Gasteiger partial charge in [0.25, 0.3) is 0 Å². The standard InChI is InChI=1S/C15H20F3NO2/c1-2-21-14-6-4-3-5-12(14)13(20)9-19(11-7-8-11)10-15(16,17)18/h3-6,11,13,20H,2,7-10H2,1H3. The van der Waals surface area contributed by atoms with Gasteiger partial charge in [-0.25, -0.2) is 0 Å². The Morgan fingerprint density at radius 3 is 2.57 bits per heavy atom. The maximum absolute atomic E-state index is 12.6. The van der Waals surface area contributed by atoms with Crippen LogP contribution in [0.25, 0.3) is 0 Å². The Kier molecular flexibility index (Phi) is 5.11. The van der Waals surface area contributed by atoms with E-state index in [0.717, 1.165) is 12.8 Å². The molecule has 118 valence electrons. The van der Waals surface area contributed by atoms with Crippen molar-refractivity contribution in [1.82, 2.24) is 4.90 Å². The second-order valence-corrected chi connectivity index (χ2v) is 5.26. The predicted octanol–water partition coefficient (Wildman–Crippen LogP) is 3.15. The third-order valence-corrected chi connectivity index (χ3v) is 3.43. The largest absolute Gasteiger partial charge is 0.493 e. The van der Waals surface area contributed by atoms with Gasteiger partial charge in [-0.15, -0.1) is 0 Å². The fourth-order valence-corrected chi connectivity index (χ4v) is 2.38.